The van der Waals surface area contributed by atoms with Crippen molar-refractivity contribution in [2.45, 2.75) is 136 Å². The van der Waals surface area contributed by atoms with Gasteiger partial charge in [-0.1, -0.05) is 117 Å². The van der Waals surface area contributed by atoms with Crippen LogP contribution < -0.4 is 5.73 Å². The van der Waals surface area contributed by atoms with E-state index in [2.05, 4.69) is 6.92 Å². The maximum Gasteiger partial charge on any atom is 0.330 e. The summed E-state index contributed by atoms with van der Waals surface area (Å²) in [6, 6.07) is -0.699. The van der Waals surface area contributed by atoms with Gasteiger partial charge in [0.1, 0.15) is 6.04 Å². The lowest BCUT2D eigenvalue weighted by Gasteiger charge is -2.15. The Morgan fingerprint density at radius 1 is 0.714 bits per heavy atom. The molecular formula is C24H47NO3. The summed E-state index contributed by atoms with van der Waals surface area (Å²) in [4.78, 5) is 23.5. The zero-order chi connectivity index (χ0) is 21.0. The highest BCUT2D eigenvalue weighted by molar-refractivity contribution is 5.88. The summed E-state index contributed by atoms with van der Waals surface area (Å²) in [5.74, 6) is -0.982. The van der Waals surface area contributed by atoms with Gasteiger partial charge >= 0.3 is 11.9 Å². The van der Waals surface area contributed by atoms with E-state index in [1.54, 1.807) is 0 Å². The second-order valence-electron chi connectivity index (χ2n) is 8.40. The molecule has 0 amide bonds. The van der Waals surface area contributed by atoms with E-state index >= 15 is 0 Å². The number of hydrogen-bond acceptors (Lipinski definition) is 4. The Hall–Kier alpha value is -0.900. The minimum Gasteiger partial charge on any atom is -0.392 e. The van der Waals surface area contributed by atoms with Crippen molar-refractivity contribution in [3.8, 4) is 0 Å². The first kappa shape index (κ1) is 27.1. The lowest BCUT2D eigenvalue weighted by Crippen LogP contribution is -2.39. The van der Waals surface area contributed by atoms with Gasteiger partial charge in [0.15, 0.2) is 0 Å². The standard InChI is InChI=1S/C24H47NO3/c1-4-6-7-8-9-10-11-12-13-14-15-16-17-18-19-20-22(26)28-24(27)23(25)21(3)5-2/h21,23H,4-20,25H2,1-3H3/t21-,23-/m0/s1. The van der Waals surface area contributed by atoms with Crippen LogP contribution in [-0.2, 0) is 14.3 Å². The van der Waals surface area contributed by atoms with Gasteiger partial charge < -0.3 is 10.5 Å². The summed E-state index contributed by atoms with van der Waals surface area (Å²) < 4.78 is 4.85. The fraction of sp³-hybridized carbons (Fsp3) is 0.917. The highest BCUT2D eigenvalue weighted by Crippen LogP contribution is 2.14. The second-order valence-corrected chi connectivity index (χ2v) is 8.40. The van der Waals surface area contributed by atoms with Crippen LogP contribution in [0.4, 0.5) is 0 Å². The van der Waals surface area contributed by atoms with Gasteiger partial charge in [0.2, 0.25) is 0 Å². The highest BCUT2D eigenvalue weighted by atomic mass is 16.6. The quantitative estimate of drug-likeness (QED) is 0.150. The third-order valence-electron chi connectivity index (χ3n) is 5.73. The van der Waals surface area contributed by atoms with Crippen molar-refractivity contribution in [1.29, 1.82) is 0 Å². The van der Waals surface area contributed by atoms with Crippen LogP contribution in [0.15, 0.2) is 0 Å². The Morgan fingerprint density at radius 2 is 1.11 bits per heavy atom. The van der Waals surface area contributed by atoms with Gasteiger partial charge in [-0.05, 0) is 12.3 Å². The Bertz CT molecular complexity index is 384. The summed E-state index contributed by atoms with van der Waals surface area (Å²) in [6.45, 7) is 6.13. The van der Waals surface area contributed by atoms with Gasteiger partial charge in [0, 0.05) is 6.42 Å². The Morgan fingerprint density at radius 3 is 1.50 bits per heavy atom. The molecule has 28 heavy (non-hydrogen) atoms. The Labute approximate surface area is 174 Å². The van der Waals surface area contributed by atoms with Crippen molar-refractivity contribution in [2.24, 2.45) is 11.7 Å². The smallest absolute Gasteiger partial charge is 0.330 e. The van der Waals surface area contributed by atoms with Crippen LogP contribution in [0.3, 0.4) is 0 Å². The zero-order valence-corrected chi connectivity index (χ0v) is 19.0. The van der Waals surface area contributed by atoms with Crippen LogP contribution in [0.2, 0.25) is 0 Å². The average molecular weight is 398 g/mol. The number of rotatable bonds is 19. The molecule has 0 heterocycles. The number of ether oxygens (including phenoxy) is 1. The first-order valence-electron chi connectivity index (χ1n) is 12.0. The van der Waals surface area contributed by atoms with Gasteiger partial charge in [-0.15, -0.1) is 0 Å². The molecule has 2 N–H and O–H groups in total. The molecule has 0 saturated carbocycles. The summed E-state index contributed by atoms with van der Waals surface area (Å²) in [5, 5.41) is 0. The molecule has 0 saturated heterocycles. The van der Waals surface area contributed by atoms with Crippen molar-refractivity contribution < 1.29 is 14.3 Å². The summed E-state index contributed by atoms with van der Waals surface area (Å²) in [7, 11) is 0. The lowest BCUT2D eigenvalue weighted by molar-refractivity contribution is -0.161. The van der Waals surface area contributed by atoms with Gasteiger partial charge in [-0.3, -0.25) is 4.79 Å². The Balaban J connectivity index is 3.37. The topological polar surface area (TPSA) is 69.4 Å². The van der Waals surface area contributed by atoms with Gasteiger partial charge in [0.25, 0.3) is 0 Å². The average Bonchev–Trinajstić information content (AvgIpc) is 2.69. The highest BCUT2D eigenvalue weighted by Gasteiger charge is 2.23. The predicted octanol–water partition coefficient (Wildman–Crippen LogP) is 6.69. The molecule has 4 heteroatoms. The van der Waals surface area contributed by atoms with E-state index < -0.39 is 18.0 Å². The molecule has 4 nitrogen and oxygen atoms in total. The number of hydrogen-bond donors (Lipinski definition) is 1. The molecule has 0 aliphatic rings. The molecule has 0 unspecified atom stereocenters. The SMILES string of the molecule is CCCCCCCCCCCCCCCCCC(=O)OC(=O)[C@@H](N)[C@@H](C)CC. The minimum absolute atomic E-state index is 0.0334. The van der Waals surface area contributed by atoms with Gasteiger partial charge in [-0.25, -0.2) is 4.79 Å². The third-order valence-corrected chi connectivity index (χ3v) is 5.73. The molecule has 0 aromatic heterocycles. The minimum atomic E-state index is -0.699. The first-order chi connectivity index (χ1) is 13.5. The maximum atomic E-state index is 11.7. The molecule has 0 fully saturated rings. The van der Waals surface area contributed by atoms with Crippen LogP contribution in [0.5, 0.6) is 0 Å². The van der Waals surface area contributed by atoms with E-state index in [-0.39, 0.29) is 5.92 Å². The molecule has 0 aromatic rings. The molecule has 0 aliphatic heterocycles. The fourth-order valence-electron chi connectivity index (χ4n) is 3.36. The predicted molar refractivity (Wildman–Crippen MR) is 118 cm³/mol. The zero-order valence-electron chi connectivity index (χ0n) is 19.0. The van der Waals surface area contributed by atoms with Crippen molar-refractivity contribution in [1.82, 2.24) is 0 Å². The van der Waals surface area contributed by atoms with E-state index in [1.807, 2.05) is 13.8 Å². The van der Waals surface area contributed by atoms with E-state index in [0.717, 1.165) is 25.7 Å². The van der Waals surface area contributed by atoms with Crippen molar-refractivity contribution >= 4 is 11.9 Å². The monoisotopic (exact) mass is 397 g/mol. The molecule has 0 rings (SSSR count). The summed E-state index contributed by atoms with van der Waals surface area (Å²) in [5.41, 5.74) is 5.78. The van der Waals surface area contributed by atoms with E-state index in [1.165, 1.54) is 77.0 Å². The molecule has 0 bridgehead atoms. The third kappa shape index (κ3) is 16.1. The van der Waals surface area contributed by atoms with E-state index in [4.69, 9.17) is 10.5 Å². The van der Waals surface area contributed by atoms with Crippen LogP contribution in [-0.4, -0.2) is 18.0 Å². The first-order valence-corrected chi connectivity index (χ1v) is 12.0. The number of unbranched alkanes of at least 4 members (excludes halogenated alkanes) is 14. The summed E-state index contributed by atoms with van der Waals surface area (Å²) >= 11 is 0. The second kappa shape index (κ2) is 19.4. The molecule has 0 radical (unpaired) electrons. The largest absolute Gasteiger partial charge is 0.392 e. The van der Waals surface area contributed by atoms with Crippen LogP contribution in [0, 0.1) is 5.92 Å². The molecule has 2 atom stereocenters. The van der Waals surface area contributed by atoms with Gasteiger partial charge in [0.05, 0.1) is 0 Å². The molecule has 0 spiro atoms. The number of carbonyl (C=O) groups is 2. The van der Waals surface area contributed by atoms with Crippen molar-refractivity contribution in [3.05, 3.63) is 0 Å². The van der Waals surface area contributed by atoms with Crippen LogP contribution in [0.1, 0.15) is 130 Å². The van der Waals surface area contributed by atoms with E-state index in [0.29, 0.717) is 6.42 Å². The van der Waals surface area contributed by atoms with Crippen LogP contribution in [0.25, 0.3) is 0 Å². The number of esters is 2. The molecule has 166 valence electrons. The van der Waals surface area contributed by atoms with Gasteiger partial charge in [-0.2, -0.15) is 0 Å². The van der Waals surface area contributed by atoms with Crippen molar-refractivity contribution in [3.63, 3.8) is 0 Å². The molecule has 0 aliphatic carbocycles. The normalized spacial score (nSPS) is 13.3. The number of carbonyl (C=O) groups excluding carboxylic acids is 2. The Kier molecular flexibility index (Phi) is 18.8. The van der Waals surface area contributed by atoms with Crippen LogP contribution >= 0.6 is 0 Å². The summed E-state index contributed by atoms with van der Waals surface area (Å²) in [6.07, 6.45) is 20.5. The van der Waals surface area contributed by atoms with Crippen molar-refractivity contribution in [2.75, 3.05) is 0 Å². The fourth-order valence-corrected chi connectivity index (χ4v) is 3.36. The molecule has 0 aromatic carbocycles. The molecular weight excluding hydrogens is 350 g/mol. The maximum absolute atomic E-state index is 11.7. The number of nitrogens with two attached hydrogens (primary N) is 1. The van der Waals surface area contributed by atoms with E-state index in [9.17, 15) is 9.59 Å². The lowest BCUT2D eigenvalue weighted by atomic mass is 10.0.